The summed E-state index contributed by atoms with van der Waals surface area (Å²) in [5.74, 6) is -1.04. The van der Waals surface area contributed by atoms with Crippen LogP contribution in [0, 0.1) is 10.1 Å². The molecule has 0 amide bonds. The lowest BCUT2D eigenvalue weighted by Gasteiger charge is -2.27. The number of carboxylic acid groups (broad SMARTS) is 1. The Labute approximate surface area is 151 Å². The molecule has 0 spiro atoms. The van der Waals surface area contributed by atoms with Crippen molar-refractivity contribution in [2.75, 3.05) is 24.5 Å². The maximum atomic E-state index is 12.8. The number of benzene rings is 1. The monoisotopic (exact) mass is 383 g/mol. The summed E-state index contributed by atoms with van der Waals surface area (Å²) in [7, 11) is -3.79. The molecular weight excluding hydrogens is 362 g/mol. The fraction of sp³-hybridized carbons (Fsp3) is 0.562. The van der Waals surface area contributed by atoms with Gasteiger partial charge in [0.05, 0.1) is 9.82 Å². The van der Waals surface area contributed by atoms with Crippen molar-refractivity contribution in [3.63, 3.8) is 0 Å². The maximum absolute atomic E-state index is 12.8. The number of nitro groups is 1. The third-order valence-electron chi connectivity index (χ3n) is 4.94. The van der Waals surface area contributed by atoms with Gasteiger partial charge in [0, 0.05) is 25.7 Å². The molecule has 3 rings (SSSR count). The van der Waals surface area contributed by atoms with E-state index in [2.05, 4.69) is 0 Å². The van der Waals surface area contributed by atoms with Gasteiger partial charge in [-0.2, -0.15) is 4.31 Å². The van der Waals surface area contributed by atoms with Crippen molar-refractivity contribution in [2.45, 2.75) is 43.0 Å². The first-order valence-electron chi connectivity index (χ1n) is 8.60. The molecule has 1 aromatic rings. The second kappa shape index (κ2) is 7.20. The Morgan fingerprint density at radius 1 is 1.15 bits per heavy atom. The van der Waals surface area contributed by atoms with Gasteiger partial charge in [-0.15, -0.1) is 0 Å². The van der Waals surface area contributed by atoms with Gasteiger partial charge in [-0.1, -0.05) is 6.42 Å². The molecule has 0 radical (unpaired) electrons. The standard InChI is InChI=1S/C16H21N3O6S/c20-16(21)14-5-4-10-18(14)13-7-6-12(11-15(13)19(22)23)26(24,25)17-8-2-1-3-9-17/h6-7,11,14H,1-5,8-10H2,(H,20,21). The van der Waals surface area contributed by atoms with Crippen LogP contribution in [0.25, 0.3) is 0 Å². The van der Waals surface area contributed by atoms with Crippen molar-refractivity contribution >= 4 is 27.4 Å². The molecule has 2 aliphatic heterocycles. The lowest BCUT2D eigenvalue weighted by molar-refractivity contribution is -0.384. The van der Waals surface area contributed by atoms with Crippen LogP contribution in [0.1, 0.15) is 32.1 Å². The van der Waals surface area contributed by atoms with Crippen molar-refractivity contribution in [3.05, 3.63) is 28.3 Å². The van der Waals surface area contributed by atoms with E-state index in [-0.39, 0.29) is 16.3 Å². The summed E-state index contributed by atoms with van der Waals surface area (Å²) >= 11 is 0. The maximum Gasteiger partial charge on any atom is 0.326 e. The van der Waals surface area contributed by atoms with Gasteiger partial charge in [0.1, 0.15) is 11.7 Å². The molecule has 0 bridgehead atoms. The molecule has 2 aliphatic rings. The first-order chi connectivity index (χ1) is 12.3. The van der Waals surface area contributed by atoms with Crippen LogP contribution < -0.4 is 4.90 Å². The molecule has 142 valence electrons. The Hall–Kier alpha value is -2.20. The normalized spacial score (nSPS) is 21.7. The van der Waals surface area contributed by atoms with Gasteiger partial charge < -0.3 is 10.0 Å². The second-order valence-electron chi connectivity index (χ2n) is 6.56. The van der Waals surface area contributed by atoms with E-state index in [4.69, 9.17) is 0 Å². The fourth-order valence-corrected chi connectivity index (χ4v) is 5.16. The first-order valence-corrected chi connectivity index (χ1v) is 10.0. The molecule has 1 unspecified atom stereocenters. The van der Waals surface area contributed by atoms with Crippen molar-refractivity contribution in [3.8, 4) is 0 Å². The van der Waals surface area contributed by atoms with Gasteiger partial charge >= 0.3 is 5.97 Å². The van der Waals surface area contributed by atoms with E-state index < -0.39 is 27.0 Å². The molecule has 26 heavy (non-hydrogen) atoms. The largest absolute Gasteiger partial charge is 0.480 e. The van der Waals surface area contributed by atoms with Crippen LogP contribution in [0.2, 0.25) is 0 Å². The third kappa shape index (κ3) is 3.38. The van der Waals surface area contributed by atoms with E-state index >= 15 is 0 Å². The SMILES string of the molecule is O=C(O)C1CCCN1c1ccc(S(=O)(=O)N2CCCCC2)cc1[N+](=O)[O-]. The van der Waals surface area contributed by atoms with E-state index in [1.165, 1.54) is 21.3 Å². The molecule has 1 N–H and O–H groups in total. The number of hydrogen-bond donors (Lipinski definition) is 1. The van der Waals surface area contributed by atoms with Gasteiger partial charge in [-0.05, 0) is 37.8 Å². The summed E-state index contributed by atoms with van der Waals surface area (Å²) in [6.45, 7) is 1.20. The van der Waals surface area contributed by atoms with Crippen LogP contribution in [0.4, 0.5) is 11.4 Å². The first kappa shape index (κ1) is 18.6. The zero-order chi connectivity index (χ0) is 18.9. The molecule has 2 fully saturated rings. The fourth-order valence-electron chi connectivity index (χ4n) is 3.62. The van der Waals surface area contributed by atoms with E-state index in [0.717, 1.165) is 25.3 Å². The number of nitrogens with zero attached hydrogens (tertiary/aromatic N) is 3. The summed E-state index contributed by atoms with van der Waals surface area (Å²) < 4.78 is 26.9. The molecule has 10 heteroatoms. The zero-order valence-electron chi connectivity index (χ0n) is 14.2. The lowest BCUT2D eigenvalue weighted by atomic mass is 10.2. The molecular formula is C16H21N3O6S. The van der Waals surface area contributed by atoms with E-state index in [1.54, 1.807) is 0 Å². The predicted octanol–water partition coefficient (Wildman–Crippen LogP) is 1.82. The molecule has 1 aromatic carbocycles. The second-order valence-corrected chi connectivity index (χ2v) is 8.50. The highest BCUT2D eigenvalue weighted by Crippen LogP contribution is 2.36. The molecule has 0 aliphatic carbocycles. The average Bonchev–Trinajstić information content (AvgIpc) is 3.11. The Morgan fingerprint density at radius 2 is 1.85 bits per heavy atom. The minimum atomic E-state index is -3.79. The number of aliphatic carboxylic acids is 1. The lowest BCUT2D eigenvalue weighted by Crippen LogP contribution is -2.37. The van der Waals surface area contributed by atoms with Gasteiger partial charge in [-0.25, -0.2) is 13.2 Å². The smallest absolute Gasteiger partial charge is 0.326 e. The number of piperidine rings is 1. The van der Waals surface area contributed by atoms with Gasteiger partial charge in [0.15, 0.2) is 0 Å². The Balaban J connectivity index is 2.00. The van der Waals surface area contributed by atoms with Crippen LogP contribution in [0.5, 0.6) is 0 Å². The minimum Gasteiger partial charge on any atom is -0.480 e. The van der Waals surface area contributed by atoms with Crippen LogP contribution in [0.15, 0.2) is 23.1 Å². The average molecular weight is 383 g/mol. The Bertz CT molecular complexity index is 819. The van der Waals surface area contributed by atoms with Crippen molar-refractivity contribution in [1.29, 1.82) is 0 Å². The number of anilines is 1. The van der Waals surface area contributed by atoms with Crippen LogP contribution in [0.3, 0.4) is 0 Å². The number of carbonyl (C=O) groups is 1. The van der Waals surface area contributed by atoms with Crippen molar-refractivity contribution in [2.24, 2.45) is 0 Å². The topological polar surface area (TPSA) is 121 Å². The highest BCUT2D eigenvalue weighted by atomic mass is 32.2. The van der Waals surface area contributed by atoms with Crippen LogP contribution in [-0.4, -0.2) is 54.4 Å². The van der Waals surface area contributed by atoms with Crippen LogP contribution in [-0.2, 0) is 14.8 Å². The third-order valence-corrected chi connectivity index (χ3v) is 6.84. The number of carboxylic acids is 1. The van der Waals surface area contributed by atoms with E-state index in [1.807, 2.05) is 0 Å². The quantitative estimate of drug-likeness (QED) is 0.608. The van der Waals surface area contributed by atoms with Crippen molar-refractivity contribution < 1.29 is 23.2 Å². The number of nitro benzene ring substituents is 1. The summed E-state index contributed by atoms with van der Waals surface area (Å²) in [6.07, 6.45) is 3.53. The van der Waals surface area contributed by atoms with Crippen LogP contribution >= 0.6 is 0 Å². The highest BCUT2D eigenvalue weighted by molar-refractivity contribution is 7.89. The van der Waals surface area contributed by atoms with Gasteiger partial charge in [-0.3, -0.25) is 10.1 Å². The summed E-state index contributed by atoms with van der Waals surface area (Å²) in [5.41, 5.74) is -0.228. The van der Waals surface area contributed by atoms with E-state index in [9.17, 15) is 28.4 Å². The summed E-state index contributed by atoms with van der Waals surface area (Å²) in [6, 6.07) is 2.91. The molecule has 2 saturated heterocycles. The molecule has 1 atom stereocenters. The van der Waals surface area contributed by atoms with Gasteiger partial charge in [0.2, 0.25) is 10.0 Å². The summed E-state index contributed by atoms with van der Waals surface area (Å²) in [5, 5.41) is 20.8. The van der Waals surface area contributed by atoms with E-state index in [0.29, 0.717) is 32.5 Å². The van der Waals surface area contributed by atoms with Crippen molar-refractivity contribution in [1.82, 2.24) is 4.31 Å². The molecule has 9 nitrogen and oxygen atoms in total. The Morgan fingerprint density at radius 3 is 2.46 bits per heavy atom. The number of rotatable bonds is 5. The molecule has 0 saturated carbocycles. The van der Waals surface area contributed by atoms with Gasteiger partial charge in [0.25, 0.3) is 5.69 Å². The number of sulfonamides is 1. The molecule has 2 heterocycles. The minimum absolute atomic E-state index is 0.124. The molecule has 0 aromatic heterocycles. The summed E-state index contributed by atoms with van der Waals surface area (Å²) in [4.78, 5) is 23.6. The Kier molecular flexibility index (Phi) is 5.15. The predicted molar refractivity (Wildman–Crippen MR) is 93.7 cm³/mol. The zero-order valence-corrected chi connectivity index (χ0v) is 15.0. The highest BCUT2D eigenvalue weighted by Gasteiger charge is 2.36. The number of hydrogen-bond acceptors (Lipinski definition) is 6.